The summed E-state index contributed by atoms with van der Waals surface area (Å²) in [4.78, 5) is 3.99. The molecule has 0 unspecified atom stereocenters. The SMILES string of the molecule is CCCCCCCCCC=Cn1ccnc1. The van der Waals surface area contributed by atoms with Gasteiger partial charge in [0.2, 0.25) is 0 Å². The fraction of sp³-hybridized carbons (Fsp3) is 0.643. The van der Waals surface area contributed by atoms with E-state index in [9.17, 15) is 0 Å². The van der Waals surface area contributed by atoms with E-state index in [2.05, 4.69) is 24.2 Å². The molecule has 16 heavy (non-hydrogen) atoms. The Bertz CT molecular complexity index is 262. The van der Waals surface area contributed by atoms with Crippen LogP contribution in [0.25, 0.3) is 6.20 Å². The number of aromatic nitrogens is 2. The van der Waals surface area contributed by atoms with Crippen LogP contribution in [0, 0.1) is 0 Å². The highest BCUT2D eigenvalue weighted by molar-refractivity contribution is 5.20. The highest BCUT2D eigenvalue weighted by Crippen LogP contribution is 2.08. The zero-order valence-corrected chi connectivity index (χ0v) is 10.4. The van der Waals surface area contributed by atoms with Crippen LogP contribution in [0.2, 0.25) is 0 Å². The molecule has 1 aromatic heterocycles. The number of rotatable bonds is 9. The molecule has 2 heteroatoms. The van der Waals surface area contributed by atoms with Crippen LogP contribution < -0.4 is 0 Å². The summed E-state index contributed by atoms with van der Waals surface area (Å²) in [5.74, 6) is 0. The van der Waals surface area contributed by atoms with Crippen molar-refractivity contribution in [1.82, 2.24) is 9.55 Å². The Morgan fingerprint density at radius 2 is 1.81 bits per heavy atom. The molecule has 1 heterocycles. The number of hydrogen-bond donors (Lipinski definition) is 0. The molecule has 1 aromatic rings. The van der Waals surface area contributed by atoms with Gasteiger partial charge in [0.05, 0.1) is 6.33 Å². The lowest BCUT2D eigenvalue weighted by Crippen LogP contribution is -1.80. The monoisotopic (exact) mass is 220 g/mol. The third kappa shape index (κ3) is 6.44. The lowest BCUT2D eigenvalue weighted by Gasteiger charge is -1.98. The summed E-state index contributed by atoms with van der Waals surface area (Å²) in [5.41, 5.74) is 0. The predicted octanol–water partition coefficient (Wildman–Crippen LogP) is 4.49. The fourth-order valence-electron chi connectivity index (χ4n) is 1.77. The van der Waals surface area contributed by atoms with Gasteiger partial charge in [-0.3, -0.25) is 0 Å². The molecule has 0 aliphatic rings. The van der Waals surface area contributed by atoms with Crippen molar-refractivity contribution in [2.75, 3.05) is 0 Å². The first kappa shape index (κ1) is 13.0. The third-order valence-corrected chi connectivity index (χ3v) is 2.78. The van der Waals surface area contributed by atoms with Crippen LogP contribution in [0.1, 0.15) is 58.3 Å². The van der Waals surface area contributed by atoms with E-state index in [1.165, 1.54) is 51.4 Å². The summed E-state index contributed by atoms with van der Waals surface area (Å²) in [7, 11) is 0. The van der Waals surface area contributed by atoms with E-state index >= 15 is 0 Å². The maximum absolute atomic E-state index is 3.99. The Morgan fingerprint density at radius 1 is 1.06 bits per heavy atom. The largest absolute Gasteiger partial charge is 0.313 e. The van der Waals surface area contributed by atoms with Crippen molar-refractivity contribution in [1.29, 1.82) is 0 Å². The van der Waals surface area contributed by atoms with Crippen molar-refractivity contribution in [3.8, 4) is 0 Å². The number of nitrogens with zero attached hydrogens (tertiary/aromatic N) is 2. The maximum atomic E-state index is 3.99. The average molecular weight is 220 g/mol. The normalized spacial score (nSPS) is 11.3. The Kier molecular flexibility index (Phi) is 7.48. The second-order valence-electron chi connectivity index (χ2n) is 4.30. The Labute approximate surface area is 99.4 Å². The predicted molar refractivity (Wildman–Crippen MR) is 70.2 cm³/mol. The van der Waals surface area contributed by atoms with Gasteiger partial charge in [0.25, 0.3) is 0 Å². The molecule has 90 valence electrons. The summed E-state index contributed by atoms with van der Waals surface area (Å²) >= 11 is 0. The lowest BCUT2D eigenvalue weighted by molar-refractivity contribution is 0.592. The molecule has 0 aromatic carbocycles. The van der Waals surface area contributed by atoms with Gasteiger partial charge in [-0.05, 0) is 12.8 Å². The van der Waals surface area contributed by atoms with E-state index in [0.29, 0.717) is 0 Å². The van der Waals surface area contributed by atoms with Crippen LogP contribution in [0.4, 0.5) is 0 Å². The van der Waals surface area contributed by atoms with Gasteiger partial charge in [-0.1, -0.05) is 51.5 Å². The van der Waals surface area contributed by atoms with Crippen LogP contribution in [-0.4, -0.2) is 9.55 Å². The van der Waals surface area contributed by atoms with Crippen molar-refractivity contribution < 1.29 is 0 Å². The van der Waals surface area contributed by atoms with Gasteiger partial charge in [-0.2, -0.15) is 0 Å². The minimum Gasteiger partial charge on any atom is -0.313 e. The van der Waals surface area contributed by atoms with E-state index in [4.69, 9.17) is 0 Å². The molecular weight excluding hydrogens is 196 g/mol. The summed E-state index contributed by atoms with van der Waals surface area (Å²) in [6.45, 7) is 2.26. The molecule has 0 fully saturated rings. The molecule has 0 saturated carbocycles. The molecule has 0 amide bonds. The maximum Gasteiger partial charge on any atom is 0.0986 e. The van der Waals surface area contributed by atoms with Gasteiger partial charge >= 0.3 is 0 Å². The number of unbranched alkanes of at least 4 members (excludes halogenated alkanes) is 7. The molecule has 0 N–H and O–H groups in total. The highest BCUT2D eigenvalue weighted by Gasteiger charge is 1.89. The van der Waals surface area contributed by atoms with Crippen LogP contribution >= 0.6 is 0 Å². The number of allylic oxidation sites excluding steroid dienone is 1. The van der Waals surface area contributed by atoms with Gasteiger partial charge in [0.15, 0.2) is 0 Å². The van der Waals surface area contributed by atoms with Gasteiger partial charge in [0.1, 0.15) is 0 Å². The molecule has 0 aliphatic carbocycles. The summed E-state index contributed by atoms with van der Waals surface area (Å²) < 4.78 is 1.99. The van der Waals surface area contributed by atoms with Crippen molar-refractivity contribution in [3.05, 3.63) is 24.8 Å². The molecular formula is C14H24N2. The van der Waals surface area contributed by atoms with Crippen LogP contribution in [0.3, 0.4) is 0 Å². The first-order chi connectivity index (χ1) is 7.93. The Morgan fingerprint density at radius 3 is 2.50 bits per heavy atom. The van der Waals surface area contributed by atoms with Crippen LogP contribution in [-0.2, 0) is 0 Å². The minimum atomic E-state index is 1.19. The number of hydrogen-bond acceptors (Lipinski definition) is 1. The third-order valence-electron chi connectivity index (χ3n) is 2.78. The topological polar surface area (TPSA) is 17.8 Å². The van der Waals surface area contributed by atoms with E-state index < -0.39 is 0 Å². The second kappa shape index (κ2) is 9.20. The van der Waals surface area contributed by atoms with E-state index in [1.807, 2.05) is 17.1 Å². The molecule has 2 nitrogen and oxygen atoms in total. The zero-order chi connectivity index (χ0) is 11.5. The second-order valence-corrected chi connectivity index (χ2v) is 4.30. The molecule has 0 bridgehead atoms. The molecule has 0 radical (unpaired) electrons. The van der Waals surface area contributed by atoms with E-state index in [-0.39, 0.29) is 0 Å². The summed E-state index contributed by atoms with van der Waals surface area (Å²) in [6.07, 6.45) is 20.8. The fourth-order valence-corrected chi connectivity index (χ4v) is 1.77. The smallest absolute Gasteiger partial charge is 0.0986 e. The Hall–Kier alpha value is -1.05. The van der Waals surface area contributed by atoms with Crippen LogP contribution in [0.5, 0.6) is 0 Å². The van der Waals surface area contributed by atoms with Crippen molar-refractivity contribution in [3.63, 3.8) is 0 Å². The van der Waals surface area contributed by atoms with Crippen LogP contribution in [0.15, 0.2) is 24.8 Å². The van der Waals surface area contributed by atoms with Crippen molar-refractivity contribution >= 4 is 6.20 Å². The van der Waals surface area contributed by atoms with Gasteiger partial charge in [0, 0.05) is 18.6 Å². The average Bonchev–Trinajstić information content (AvgIpc) is 2.80. The van der Waals surface area contributed by atoms with E-state index in [1.54, 1.807) is 6.20 Å². The van der Waals surface area contributed by atoms with Gasteiger partial charge in [-0.25, -0.2) is 4.98 Å². The van der Waals surface area contributed by atoms with E-state index in [0.717, 1.165) is 0 Å². The molecule has 0 atom stereocenters. The quantitative estimate of drug-likeness (QED) is 0.560. The first-order valence-corrected chi connectivity index (χ1v) is 6.57. The van der Waals surface area contributed by atoms with Crippen molar-refractivity contribution in [2.24, 2.45) is 0 Å². The highest BCUT2D eigenvalue weighted by atomic mass is 15.0. The summed E-state index contributed by atoms with van der Waals surface area (Å²) in [5, 5.41) is 0. The number of imidazole rings is 1. The minimum absolute atomic E-state index is 1.19. The van der Waals surface area contributed by atoms with Gasteiger partial charge in [-0.15, -0.1) is 0 Å². The zero-order valence-electron chi connectivity index (χ0n) is 10.4. The molecule has 0 saturated heterocycles. The molecule has 0 aliphatic heterocycles. The lowest BCUT2D eigenvalue weighted by atomic mass is 10.1. The Balaban J connectivity index is 1.88. The standard InChI is InChI=1S/C14H24N2/c1-2-3-4-5-6-7-8-9-10-12-16-13-11-15-14-16/h10-14H,2-9H2,1H3. The first-order valence-electron chi connectivity index (χ1n) is 6.57. The summed E-state index contributed by atoms with van der Waals surface area (Å²) in [6, 6.07) is 0. The molecule has 0 spiro atoms. The van der Waals surface area contributed by atoms with Gasteiger partial charge < -0.3 is 4.57 Å². The molecule has 1 rings (SSSR count). The van der Waals surface area contributed by atoms with Crippen molar-refractivity contribution in [2.45, 2.75) is 58.3 Å².